The number of aromatic nitrogens is 1. The van der Waals surface area contributed by atoms with Crippen molar-refractivity contribution in [3.8, 4) is 5.88 Å². The molecule has 3 heterocycles. The number of carbonyl (C=O) groups is 2. The summed E-state index contributed by atoms with van der Waals surface area (Å²) in [6.45, 7) is 4.21. The van der Waals surface area contributed by atoms with E-state index in [1.165, 1.54) is 0 Å². The lowest BCUT2D eigenvalue weighted by molar-refractivity contribution is -0.141. The molecular weight excluding hydrogens is 342 g/mol. The molecule has 2 aliphatic heterocycles. The SMILES string of the molecule is CC1(C(=O)N2CC[C@]3(C2)C(=O)NC[C@@H]3COc2ccccn2)CC=CCC1. The fraction of sp³-hybridized carbons (Fsp3) is 0.571. The summed E-state index contributed by atoms with van der Waals surface area (Å²) >= 11 is 0. The second kappa shape index (κ2) is 6.98. The third kappa shape index (κ3) is 3.22. The van der Waals surface area contributed by atoms with Gasteiger partial charge in [-0.15, -0.1) is 0 Å². The maximum absolute atomic E-state index is 13.2. The summed E-state index contributed by atoms with van der Waals surface area (Å²) in [5.41, 5.74) is -0.874. The van der Waals surface area contributed by atoms with E-state index in [0.29, 0.717) is 38.5 Å². The Hall–Kier alpha value is -2.37. The van der Waals surface area contributed by atoms with Gasteiger partial charge < -0.3 is 15.0 Å². The summed E-state index contributed by atoms with van der Waals surface area (Å²) in [6, 6.07) is 5.54. The third-order valence-corrected chi connectivity index (χ3v) is 6.52. The van der Waals surface area contributed by atoms with Gasteiger partial charge in [-0.1, -0.05) is 25.1 Å². The van der Waals surface area contributed by atoms with E-state index in [1.807, 2.05) is 23.1 Å². The molecule has 1 aromatic heterocycles. The molecule has 6 nitrogen and oxygen atoms in total. The summed E-state index contributed by atoms with van der Waals surface area (Å²) in [6.07, 6.45) is 9.26. The van der Waals surface area contributed by atoms with Crippen molar-refractivity contribution in [3.63, 3.8) is 0 Å². The van der Waals surface area contributed by atoms with Gasteiger partial charge >= 0.3 is 0 Å². The summed E-state index contributed by atoms with van der Waals surface area (Å²) in [5, 5.41) is 3.00. The van der Waals surface area contributed by atoms with Crippen LogP contribution in [0, 0.1) is 16.7 Å². The second-order valence-corrected chi connectivity index (χ2v) is 8.29. The zero-order chi connectivity index (χ0) is 18.9. The average molecular weight is 369 g/mol. The van der Waals surface area contributed by atoms with Gasteiger partial charge in [0.05, 0.1) is 17.4 Å². The Balaban J connectivity index is 1.45. The third-order valence-electron chi connectivity index (χ3n) is 6.52. The first-order valence-electron chi connectivity index (χ1n) is 9.80. The maximum atomic E-state index is 13.2. The molecule has 6 heteroatoms. The van der Waals surface area contributed by atoms with Crippen molar-refractivity contribution in [3.05, 3.63) is 36.5 Å². The van der Waals surface area contributed by atoms with Gasteiger partial charge in [0.25, 0.3) is 0 Å². The average Bonchev–Trinajstić information content (AvgIpc) is 3.27. The standard InChI is InChI=1S/C21H27N3O3/c1-20(8-4-2-5-9-20)19(26)24-12-10-21(15-24)16(13-23-18(21)25)14-27-17-7-3-6-11-22-17/h2-4,6-7,11,16H,5,8-10,12-15H2,1H3,(H,23,25)/t16-,20?,21-/m1/s1. The number of rotatable bonds is 4. The molecule has 3 atom stereocenters. The van der Waals surface area contributed by atoms with E-state index in [0.717, 1.165) is 19.3 Å². The first kappa shape index (κ1) is 18.0. The molecule has 1 aromatic rings. The second-order valence-electron chi connectivity index (χ2n) is 8.29. The Bertz CT molecular complexity index is 750. The normalized spacial score (nSPS) is 32.7. The van der Waals surface area contributed by atoms with Gasteiger partial charge in [-0.05, 0) is 31.7 Å². The van der Waals surface area contributed by atoms with E-state index in [-0.39, 0.29) is 23.1 Å². The van der Waals surface area contributed by atoms with E-state index in [9.17, 15) is 9.59 Å². The highest BCUT2D eigenvalue weighted by Crippen LogP contribution is 2.44. The molecule has 2 amide bonds. The predicted octanol–water partition coefficient (Wildman–Crippen LogP) is 2.17. The van der Waals surface area contributed by atoms with E-state index in [1.54, 1.807) is 6.20 Å². The maximum Gasteiger partial charge on any atom is 0.228 e. The van der Waals surface area contributed by atoms with Gasteiger partial charge in [0.15, 0.2) is 0 Å². The molecule has 1 aliphatic carbocycles. The van der Waals surface area contributed by atoms with E-state index in [2.05, 4.69) is 29.4 Å². The topological polar surface area (TPSA) is 71.5 Å². The van der Waals surface area contributed by atoms with Crippen LogP contribution in [0.4, 0.5) is 0 Å². The van der Waals surface area contributed by atoms with Crippen molar-refractivity contribution in [2.24, 2.45) is 16.7 Å². The minimum Gasteiger partial charge on any atom is -0.477 e. The summed E-state index contributed by atoms with van der Waals surface area (Å²) in [7, 11) is 0. The summed E-state index contributed by atoms with van der Waals surface area (Å²) in [4.78, 5) is 32.0. The Morgan fingerprint density at radius 2 is 2.26 bits per heavy atom. The van der Waals surface area contributed by atoms with Gasteiger partial charge in [-0.3, -0.25) is 9.59 Å². The van der Waals surface area contributed by atoms with E-state index < -0.39 is 5.41 Å². The Morgan fingerprint density at radius 1 is 1.37 bits per heavy atom. The number of ether oxygens (including phenoxy) is 1. The van der Waals surface area contributed by atoms with Gasteiger partial charge in [0.2, 0.25) is 17.7 Å². The molecule has 144 valence electrons. The van der Waals surface area contributed by atoms with Crippen LogP contribution in [0.5, 0.6) is 5.88 Å². The van der Waals surface area contributed by atoms with Crippen molar-refractivity contribution in [2.75, 3.05) is 26.2 Å². The highest BCUT2D eigenvalue weighted by atomic mass is 16.5. The van der Waals surface area contributed by atoms with E-state index >= 15 is 0 Å². The molecule has 4 rings (SSSR count). The van der Waals surface area contributed by atoms with Gasteiger partial charge in [-0.2, -0.15) is 0 Å². The number of nitrogens with zero attached hydrogens (tertiary/aromatic N) is 2. The molecule has 3 aliphatic rings. The molecule has 2 fully saturated rings. The van der Waals surface area contributed by atoms with Crippen LogP contribution < -0.4 is 10.1 Å². The number of nitrogens with one attached hydrogen (secondary N) is 1. The minimum absolute atomic E-state index is 0.0452. The number of amides is 2. The number of likely N-dealkylation sites (tertiary alicyclic amines) is 1. The van der Waals surface area contributed by atoms with Crippen LogP contribution in [0.3, 0.4) is 0 Å². The zero-order valence-corrected chi connectivity index (χ0v) is 15.8. The van der Waals surface area contributed by atoms with Crippen LogP contribution >= 0.6 is 0 Å². The van der Waals surface area contributed by atoms with Gasteiger partial charge in [0.1, 0.15) is 0 Å². The lowest BCUT2D eigenvalue weighted by atomic mass is 9.76. The fourth-order valence-electron chi connectivity index (χ4n) is 4.68. The molecule has 2 saturated heterocycles. The number of carbonyl (C=O) groups excluding carboxylic acids is 2. The first-order chi connectivity index (χ1) is 13.0. The Labute approximate surface area is 160 Å². The van der Waals surface area contributed by atoms with Crippen LogP contribution in [-0.4, -0.2) is 47.9 Å². The van der Waals surface area contributed by atoms with Crippen molar-refractivity contribution >= 4 is 11.8 Å². The summed E-state index contributed by atoms with van der Waals surface area (Å²) < 4.78 is 5.84. The monoisotopic (exact) mass is 369 g/mol. The van der Waals surface area contributed by atoms with Gasteiger partial charge in [0, 0.05) is 37.8 Å². The molecule has 27 heavy (non-hydrogen) atoms. The molecule has 0 aromatic carbocycles. The van der Waals surface area contributed by atoms with Crippen molar-refractivity contribution < 1.29 is 14.3 Å². The molecule has 0 saturated carbocycles. The molecule has 1 N–H and O–H groups in total. The quantitative estimate of drug-likeness (QED) is 0.826. The molecule has 0 radical (unpaired) electrons. The number of allylic oxidation sites excluding steroid dienone is 2. The predicted molar refractivity (Wildman–Crippen MR) is 101 cm³/mol. The Kier molecular flexibility index (Phi) is 4.66. The number of pyridine rings is 1. The molecule has 0 bridgehead atoms. The number of hydrogen-bond acceptors (Lipinski definition) is 4. The summed E-state index contributed by atoms with van der Waals surface area (Å²) in [5.74, 6) is 0.859. The molecule has 1 spiro atoms. The van der Waals surface area contributed by atoms with Gasteiger partial charge in [-0.25, -0.2) is 4.98 Å². The first-order valence-corrected chi connectivity index (χ1v) is 9.80. The van der Waals surface area contributed by atoms with Crippen molar-refractivity contribution in [1.82, 2.24) is 15.2 Å². The van der Waals surface area contributed by atoms with Crippen LogP contribution in [0.15, 0.2) is 36.5 Å². The zero-order valence-electron chi connectivity index (χ0n) is 15.8. The van der Waals surface area contributed by atoms with Crippen LogP contribution in [0.2, 0.25) is 0 Å². The van der Waals surface area contributed by atoms with Crippen LogP contribution in [0.1, 0.15) is 32.6 Å². The minimum atomic E-state index is -0.536. The largest absolute Gasteiger partial charge is 0.477 e. The van der Waals surface area contributed by atoms with Crippen molar-refractivity contribution in [1.29, 1.82) is 0 Å². The molecular formula is C21H27N3O3. The Morgan fingerprint density at radius 3 is 3.00 bits per heavy atom. The smallest absolute Gasteiger partial charge is 0.228 e. The van der Waals surface area contributed by atoms with Crippen LogP contribution in [0.25, 0.3) is 0 Å². The highest BCUT2D eigenvalue weighted by Gasteiger charge is 2.56. The highest BCUT2D eigenvalue weighted by molar-refractivity contribution is 5.89. The lowest BCUT2D eigenvalue weighted by Gasteiger charge is -2.34. The molecule has 1 unspecified atom stereocenters. The number of hydrogen-bond donors (Lipinski definition) is 1. The van der Waals surface area contributed by atoms with Crippen molar-refractivity contribution in [2.45, 2.75) is 32.6 Å². The fourth-order valence-corrected chi connectivity index (χ4v) is 4.68. The van der Waals surface area contributed by atoms with E-state index in [4.69, 9.17) is 4.74 Å². The van der Waals surface area contributed by atoms with Crippen LogP contribution in [-0.2, 0) is 9.59 Å². The lowest BCUT2D eigenvalue weighted by Crippen LogP contribution is -2.45.